The molecule has 0 radical (unpaired) electrons. The molecule has 4 nitrogen and oxygen atoms in total. The summed E-state index contributed by atoms with van der Waals surface area (Å²) >= 11 is 0. The molecular formula is C5H8O4. The second kappa shape index (κ2) is 4.99. The minimum absolute atomic E-state index is 0. The monoisotopic (exact) mass is 132 g/mol. The zero-order valence-electron chi connectivity index (χ0n) is 4.76. The molecule has 0 aliphatic heterocycles. The normalized spacial score (nSPS) is 7.11. The molecule has 9 heavy (non-hydrogen) atoms. The number of aliphatic carboxylic acids is 1. The third-order valence-electron chi connectivity index (χ3n) is 0.568. The first-order chi connectivity index (χ1) is 3.68. The lowest BCUT2D eigenvalue weighted by molar-refractivity contribution is -0.148. The predicted molar refractivity (Wildman–Crippen MR) is 31.1 cm³/mol. The summed E-state index contributed by atoms with van der Waals surface area (Å²) < 4.78 is 0. The smallest absolute Gasteiger partial charge is 0.372 e. The molecule has 4 heteroatoms. The fourth-order valence-corrected chi connectivity index (χ4v) is 0.218. The molecule has 0 amide bonds. The summed E-state index contributed by atoms with van der Waals surface area (Å²) in [5, 5.41) is 7.92. The first-order valence-electron chi connectivity index (χ1n) is 2.05. The molecule has 0 saturated carbocycles. The number of allylic oxidation sites excluding steroid dienone is 1. The Morgan fingerprint density at radius 2 is 2.00 bits per heavy atom. The highest BCUT2D eigenvalue weighted by molar-refractivity contribution is 6.32. The van der Waals surface area contributed by atoms with Crippen molar-refractivity contribution >= 4 is 11.8 Å². The zero-order chi connectivity index (χ0) is 6.57. The Labute approximate surface area is 52.1 Å². The highest BCUT2D eigenvalue weighted by Gasteiger charge is 2.06. The van der Waals surface area contributed by atoms with Gasteiger partial charge >= 0.3 is 5.97 Å². The van der Waals surface area contributed by atoms with Crippen molar-refractivity contribution < 1.29 is 20.2 Å². The van der Waals surface area contributed by atoms with Gasteiger partial charge in [0.05, 0.1) is 0 Å². The van der Waals surface area contributed by atoms with E-state index in [1.165, 1.54) is 6.08 Å². The molecule has 52 valence electrons. The van der Waals surface area contributed by atoms with Gasteiger partial charge in [-0.1, -0.05) is 6.08 Å². The summed E-state index contributed by atoms with van der Waals surface area (Å²) in [5.41, 5.74) is 0. The van der Waals surface area contributed by atoms with Gasteiger partial charge in [0.15, 0.2) is 0 Å². The van der Waals surface area contributed by atoms with Crippen LogP contribution < -0.4 is 0 Å². The first kappa shape index (κ1) is 10.8. The van der Waals surface area contributed by atoms with Gasteiger partial charge in [0.2, 0.25) is 5.78 Å². The van der Waals surface area contributed by atoms with Crippen LogP contribution in [0.3, 0.4) is 0 Å². The Hall–Kier alpha value is -1.16. The molecule has 0 rings (SSSR count). The van der Waals surface area contributed by atoms with Crippen LogP contribution in [0.4, 0.5) is 0 Å². The summed E-state index contributed by atoms with van der Waals surface area (Å²) in [6.07, 6.45) is 1.17. The highest BCUT2D eigenvalue weighted by atomic mass is 16.4. The lowest BCUT2D eigenvalue weighted by Gasteiger charge is -1.82. The van der Waals surface area contributed by atoms with Crippen molar-refractivity contribution in [3.05, 3.63) is 12.7 Å². The van der Waals surface area contributed by atoms with E-state index in [1.807, 2.05) is 0 Å². The van der Waals surface area contributed by atoms with Gasteiger partial charge in [-0.05, 0) is 0 Å². The number of carbonyl (C=O) groups is 2. The molecule has 0 aromatic carbocycles. The molecule has 0 aliphatic rings. The maximum Gasteiger partial charge on any atom is 0.372 e. The Morgan fingerprint density at radius 3 is 2.11 bits per heavy atom. The van der Waals surface area contributed by atoms with Crippen LogP contribution in [0.1, 0.15) is 6.42 Å². The molecule has 0 atom stereocenters. The van der Waals surface area contributed by atoms with E-state index in [0.717, 1.165) is 0 Å². The summed E-state index contributed by atoms with van der Waals surface area (Å²) in [6.45, 7) is 3.20. The Bertz CT molecular complexity index is 127. The Balaban J connectivity index is 0. The van der Waals surface area contributed by atoms with Gasteiger partial charge in [0.25, 0.3) is 0 Å². The van der Waals surface area contributed by atoms with Crippen molar-refractivity contribution in [3.63, 3.8) is 0 Å². The van der Waals surface area contributed by atoms with Crippen LogP contribution in [0.5, 0.6) is 0 Å². The molecule has 0 fully saturated rings. The average Bonchev–Trinajstić information content (AvgIpc) is 1.67. The first-order valence-corrected chi connectivity index (χ1v) is 2.05. The fourth-order valence-electron chi connectivity index (χ4n) is 0.218. The van der Waals surface area contributed by atoms with Gasteiger partial charge in [-0.3, -0.25) is 4.79 Å². The van der Waals surface area contributed by atoms with Crippen molar-refractivity contribution in [1.82, 2.24) is 0 Å². The quantitative estimate of drug-likeness (QED) is 0.410. The van der Waals surface area contributed by atoms with Crippen LogP contribution in [-0.2, 0) is 9.59 Å². The second-order valence-electron chi connectivity index (χ2n) is 1.22. The van der Waals surface area contributed by atoms with Gasteiger partial charge in [0.1, 0.15) is 0 Å². The maximum atomic E-state index is 10.1. The average molecular weight is 132 g/mol. The van der Waals surface area contributed by atoms with Crippen molar-refractivity contribution in [2.24, 2.45) is 0 Å². The van der Waals surface area contributed by atoms with Crippen molar-refractivity contribution in [2.75, 3.05) is 0 Å². The molecular weight excluding hydrogens is 124 g/mol. The van der Waals surface area contributed by atoms with E-state index in [4.69, 9.17) is 5.11 Å². The standard InChI is InChI=1S/C5H6O3.H2O/c1-2-3-4(6)5(7)8;/h2H,1,3H2,(H,7,8);1H2. The number of Topliss-reactive ketones (excluding diaryl/α,β-unsaturated/α-hetero) is 1. The van der Waals surface area contributed by atoms with E-state index in [2.05, 4.69) is 6.58 Å². The summed E-state index contributed by atoms with van der Waals surface area (Å²) in [4.78, 5) is 19.8. The minimum Gasteiger partial charge on any atom is -0.475 e. The number of hydrogen-bond acceptors (Lipinski definition) is 2. The van der Waals surface area contributed by atoms with Crippen molar-refractivity contribution in [1.29, 1.82) is 0 Å². The fraction of sp³-hybridized carbons (Fsp3) is 0.200. The highest BCUT2D eigenvalue weighted by Crippen LogP contribution is 1.81. The molecule has 0 aromatic rings. The van der Waals surface area contributed by atoms with E-state index in [0.29, 0.717) is 0 Å². The topological polar surface area (TPSA) is 85.9 Å². The number of rotatable bonds is 3. The second-order valence-corrected chi connectivity index (χ2v) is 1.22. The molecule has 3 N–H and O–H groups in total. The number of carboxylic acids is 1. The molecule has 0 heterocycles. The number of carbonyl (C=O) groups excluding carboxylic acids is 1. The van der Waals surface area contributed by atoms with Gasteiger partial charge < -0.3 is 10.6 Å². The summed E-state index contributed by atoms with van der Waals surface area (Å²) in [6, 6.07) is 0. The number of ketones is 1. The third kappa shape index (κ3) is 4.70. The van der Waals surface area contributed by atoms with E-state index >= 15 is 0 Å². The van der Waals surface area contributed by atoms with Crippen LogP contribution in [0, 0.1) is 0 Å². The lowest BCUT2D eigenvalue weighted by Crippen LogP contribution is -2.10. The minimum atomic E-state index is -1.40. The number of carboxylic acid groups (broad SMARTS) is 1. The van der Waals surface area contributed by atoms with Gasteiger partial charge in [0, 0.05) is 6.42 Å². The zero-order valence-corrected chi connectivity index (χ0v) is 4.76. The summed E-state index contributed by atoms with van der Waals surface area (Å²) in [7, 11) is 0. The van der Waals surface area contributed by atoms with Gasteiger partial charge in [-0.15, -0.1) is 6.58 Å². The number of hydrogen-bond donors (Lipinski definition) is 1. The van der Waals surface area contributed by atoms with E-state index < -0.39 is 11.8 Å². The summed E-state index contributed by atoms with van der Waals surface area (Å²) in [5.74, 6) is -2.22. The molecule has 0 unspecified atom stereocenters. The Kier molecular flexibility index (Phi) is 5.96. The SMILES string of the molecule is C=CCC(=O)C(=O)O.O. The van der Waals surface area contributed by atoms with Gasteiger partial charge in [-0.25, -0.2) is 4.79 Å². The van der Waals surface area contributed by atoms with Crippen LogP contribution in [0.15, 0.2) is 12.7 Å². The molecule has 0 aromatic heterocycles. The maximum absolute atomic E-state index is 10.1. The van der Waals surface area contributed by atoms with E-state index in [9.17, 15) is 9.59 Å². The van der Waals surface area contributed by atoms with Gasteiger partial charge in [-0.2, -0.15) is 0 Å². The largest absolute Gasteiger partial charge is 0.475 e. The molecule has 0 saturated heterocycles. The predicted octanol–water partition coefficient (Wildman–Crippen LogP) is -0.609. The van der Waals surface area contributed by atoms with E-state index in [-0.39, 0.29) is 11.9 Å². The Morgan fingerprint density at radius 1 is 1.56 bits per heavy atom. The molecule has 0 aliphatic carbocycles. The molecule has 0 bridgehead atoms. The van der Waals surface area contributed by atoms with Crippen molar-refractivity contribution in [2.45, 2.75) is 6.42 Å². The van der Waals surface area contributed by atoms with Crippen LogP contribution in [0.2, 0.25) is 0 Å². The van der Waals surface area contributed by atoms with Crippen molar-refractivity contribution in [3.8, 4) is 0 Å². The molecule has 0 spiro atoms. The van der Waals surface area contributed by atoms with Crippen LogP contribution in [-0.4, -0.2) is 22.3 Å². The van der Waals surface area contributed by atoms with Crippen LogP contribution >= 0.6 is 0 Å². The third-order valence-corrected chi connectivity index (χ3v) is 0.568. The lowest BCUT2D eigenvalue weighted by atomic mass is 10.3. The van der Waals surface area contributed by atoms with Crippen LogP contribution in [0.25, 0.3) is 0 Å². The van der Waals surface area contributed by atoms with E-state index in [1.54, 1.807) is 0 Å².